The second kappa shape index (κ2) is 6.99. The zero-order valence-electron chi connectivity index (χ0n) is 10.9. The molecule has 0 saturated heterocycles. The van der Waals surface area contributed by atoms with Crippen molar-refractivity contribution in [3.8, 4) is 0 Å². The van der Waals surface area contributed by atoms with Gasteiger partial charge in [0, 0.05) is 10.7 Å². The van der Waals surface area contributed by atoms with Crippen molar-refractivity contribution in [3.05, 3.63) is 28.8 Å². The molecular formula is C13H17ClN2O3. The molecule has 19 heavy (non-hydrogen) atoms. The lowest BCUT2D eigenvalue weighted by Gasteiger charge is -2.15. The number of carboxylic acid groups (broad SMARTS) is 1. The fourth-order valence-corrected chi connectivity index (χ4v) is 1.76. The number of hydrogen-bond donors (Lipinski definition) is 3. The van der Waals surface area contributed by atoms with E-state index in [-0.39, 0.29) is 0 Å². The average Bonchev–Trinajstić information content (AvgIpc) is 2.33. The first kappa shape index (κ1) is 15.3. The first-order valence-electron chi connectivity index (χ1n) is 6.00. The maximum absolute atomic E-state index is 11.7. The van der Waals surface area contributed by atoms with Crippen LogP contribution in [0.3, 0.4) is 0 Å². The maximum atomic E-state index is 11.7. The van der Waals surface area contributed by atoms with Crippen LogP contribution < -0.4 is 10.6 Å². The number of halogens is 1. The monoisotopic (exact) mass is 284 g/mol. The summed E-state index contributed by atoms with van der Waals surface area (Å²) in [5.74, 6) is -1.04. The van der Waals surface area contributed by atoms with Crippen molar-refractivity contribution in [2.45, 2.75) is 32.7 Å². The molecule has 0 aliphatic rings. The number of rotatable bonds is 5. The molecule has 2 amide bonds. The summed E-state index contributed by atoms with van der Waals surface area (Å²) in [5, 5.41) is 14.5. The minimum Gasteiger partial charge on any atom is -0.480 e. The molecule has 0 bridgehead atoms. The lowest BCUT2D eigenvalue weighted by atomic mass is 10.2. The second-order valence-corrected chi connectivity index (χ2v) is 4.67. The Balaban J connectivity index is 2.68. The molecule has 0 heterocycles. The Labute approximate surface area is 117 Å². The SMILES string of the molecule is CCC[C@@H](NC(=O)Nc1cc(Cl)ccc1C)C(=O)O. The van der Waals surface area contributed by atoms with Crippen LogP contribution in [-0.2, 0) is 4.79 Å². The van der Waals surface area contributed by atoms with Crippen LogP contribution in [0.5, 0.6) is 0 Å². The third kappa shape index (κ3) is 4.79. The topological polar surface area (TPSA) is 78.4 Å². The van der Waals surface area contributed by atoms with Gasteiger partial charge in [-0.1, -0.05) is 31.0 Å². The largest absolute Gasteiger partial charge is 0.480 e. The van der Waals surface area contributed by atoms with Gasteiger partial charge in [-0.05, 0) is 31.0 Å². The molecule has 0 fully saturated rings. The predicted molar refractivity (Wildman–Crippen MR) is 74.7 cm³/mol. The third-order valence-corrected chi connectivity index (χ3v) is 2.86. The standard InChI is InChI=1S/C13H17ClN2O3/c1-3-4-10(12(17)18)15-13(19)16-11-7-9(14)6-5-8(11)2/h5-7,10H,3-4H2,1-2H3,(H,17,18)(H2,15,16,19)/t10-/m1/s1. The number of hydrogen-bond acceptors (Lipinski definition) is 2. The Hall–Kier alpha value is -1.75. The van der Waals surface area contributed by atoms with Crippen molar-refractivity contribution in [2.24, 2.45) is 0 Å². The molecule has 0 unspecified atom stereocenters. The molecule has 0 aromatic heterocycles. The summed E-state index contributed by atoms with van der Waals surface area (Å²) in [6, 6.07) is 3.68. The van der Waals surface area contributed by atoms with Gasteiger partial charge >= 0.3 is 12.0 Å². The number of urea groups is 1. The van der Waals surface area contributed by atoms with E-state index in [0.29, 0.717) is 23.6 Å². The lowest BCUT2D eigenvalue weighted by Crippen LogP contribution is -2.42. The van der Waals surface area contributed by atoms with E-state index in [1.807, 2.05) is 13.8 Å². The van der Waals surface area contributed by atoms with Crippen molar-refractivity contribution >= 4 is 29.3 Å². The van der Waals surface area contributed by atoms with E-state index in [0.717, 1.165) is 5.56 Å². The van der Waals surface area contributed by atoms with Gasteiger partial charge in [-0.15, -0.1) is 0 Å². The quantitative estimate of drug-likeness (QED) is 0.777. The first-order valence-corrected chi connectivity index (χ1v) is 6.38. The van der Waals surface area contributed by atoms with Crippen molar-refractivity contribution in [2.75, 3.05) is 5.32 Å². The van der Waals surface area contributed by atoms with Crippen LogP contribution in [0.4, 0.5) is 10.5 Å². The third-order valence-electron chi connectivity index (χ3n) is 2.63. The van der Waals surface area contributed by atoms with Crippen molar-refractivity contribution in [1.29, 1.82) is 0 Å². The van der Waals surface area contributed by atoms with Gasteiger partial charge in [-0.25, -0.2) is 9.59 Å². The molecule has 1 aromatic carbocycles. The minimum absolute atomic E-state index is 0.386. The Morgan fingerprint density at radius 1 is 1.42 bits per heavy atom. The minimum atomic E-state index is -1.04. The summed E-state index contributed by atoms with van der Waals surface area (Å²) < 4.78 is 0. The van der Waals surface area contributed by atoms with Crippen LogP contribution in [0, 0.1) is 6.92 Å². The van der Waals surface area contributed by atoms with Crippen LogP contribution in [0.2, 0.25) is 5.02 Å². The number of aryl methyl sites for hydroxylation is 1. The molecule has 0 spiro atoms. The molecule has 0 aliphatic heterocycles. The van der Waals surface area contributed by atoms with Gasteiger partial charge in [0.1, 0.15) is 6.04 Å². The van der Waals surface area contributed by atoms with Crippen LogP contribution in [-0.4, -0.2) is 23.1 Å². The number of carboxylic acids is 1. The van der Waals surface area contributed by atoms with Gasteiger partial charge in [0.2, 0.25) is 0 Å². The summed E-state index contributed by atoms with van der Waals surface area (Å²) >= 11 is 5.84. The van der Waals surface area contributed by atoms with Crippen molar-refractivity contribution in [1.82, 2.24) is 5.32 Å². The highest BCUT2D eigenvalue weighted by Crippen LogP contribution is 2.19. The van der Waals surface area contributed by atoms with Gasteiger partial charge in [0.05, 0.1) is 0 Å². The Bertz CT molecular complexity index is 477. The number of benzene rings is 1. The van der Waals surface area contributed by atoms with Crippen LogP contribution in [0.25, 0.3) is 0 Å². The molecule has 3 N–H and O–H groups in total. The normalized spacial score (nSPS) is 11.7. The van der Waals surface area contributed by atoms with E-state index in [1.54, 1.807) is 18.2 Å². The zero-order chi connectivity index (χ0) is 14.4. The molecule has 1 rings (SSSR count). The summed E-state index contributed by atoms with van der Waals surface area (Å²) in [7, 11) is 0. The van der Waals surface area contributed by atoms with Crippen LogP contribution in [0.15, 0.2) is 18.2 Å². The molecular weight excluding hydrogens is 268 g/mol. The number of amides is 2. The summed E-state index contributed by atoms with van der Waals surface area (Å²) in [6.07, 6.45) is 1.06. The van der Waals surface area contributed by atoms with Gasteiger partial charge in [0.25, 0.3) is 0 Å². The smallest absolute Gasteiger partial charge is 0.326 e. The van der Waals surface area contributed by atoms with E-state index >= 15 is 0 Å². The first-order chi connectivity index (χ1) is 8.93. The number of aliphatic carboxylic acids is 1. The van der Waals surface area contributed by atoms with E-state index < -0.39 is 18.0 Å². The van der Waals surface area contributed by atoms with E-state index in [4.69, 9.17) is 16.7 Å². The molecule has 0 aliphatic carbocycles. The lowest BCUT2D eigenvalue weighted by molar-refractivity contribution is -0.139. The average molecular weight is 285 g/mol. The summed E-state index contributed by atoms with van der Waals surface area (Å²) in [6.45, 7) is 3.68. The van der Waals surface area contributed by atoms with Gasteiger partial charge in [-0.2, -0.15) is 0 Å². The molecule has 1 atom stereocenters. The van der Waals surface area contributed by atoms with E-state index in [2.05, 4.69) is 10.6 Å². The van der Waals surface area contributed by atoms with Crippen molar-refractivity contribution in [3.63, 3.8) is 0 Å². The predicted octanol–water partition coefficient (Wildman–Crippen LogP) is 3.02. The molecule has 0 radical (unpaired) electrons. The van der Waals surface area contributed by atoms with Gasteiger partial charge in [-0.3, -0.25) is 0 Å². The Morgan fingerprint density at radius 3 is 2.68 bits per heavy atom. The fraction of sp³-hybridized carbons (Fsp3) is 0.385. The van der Waals surface area contributed by atoms with E-state index in [1.165, 1.54) is 0 Å². The number of anilines is 1. The summed E-state index contributed by atoms with van der Waals surface area (Å²) in [5.41, 5.74) is 1.41. The summed E-state index contributed by atoms with van der Waals surface area (Å²) in [4.78, 5) is 22.7. The molecule has 104 valence electrons. The highest BCUT2D eigenvalue weighted by Gasteiger charge is 2.18. The van der Waals surface area contributed by atoms with E-state index in [9.17, 15) is 9.59 Å². The molecule has 6 heteroatoms. The molecule has 1 aromatic rings. The number of carbonyl (C=O) groups excluding carboxylic acids is 1. The maximum Gasteiger partial charge on any atom is 0.326 e. The highest BCUT2D eigenvalue weighted by molar-refractivity contribution is 6.31. The molecule has 0 saturated carbocycles. The zero-order valence-corrected chi connectivity index (χ0v) is 11.6. The fourth-order valence-electron chi connectivity index (χ4n) is 1.59. The highest BCUT2D eigenvalue weighted by atomic mass is 35.5. The Morgan fingerprint density at radius 2 is 2.11 bits per heavy atom. The number of carbonyl (C=O) groups is 2. The van der Waals surface area contributed by atoms with Crippen LogP contribution in [0.1, 0.15) is 25.3 Å². The molecule has 5 nitrogen and oxygen atoms in total. The van der Waals surface area contributed by atoms with Crippen molar-refractivity contribution < 1.29 is 14.7 Å². The number of nitrogens with one attached hydrogen (secondary N) is 2. The second-order valence-electron chi connectivity index (χ2n) is 4.24. The van der Waals surface area contributed by atoms with Crippen LogP contribution >= 0.6 is 11.6 Å². The van der Waals surface area contributed by atoms with Gasteiger partial charge in [0.15, 0.2) is 0 Å². The van der Waals surface area contributed by atoms with Gasteiger partial charge < -0.3 is 15.7 Å². The Kier molecular flexibility index (Phi) is 5.63.